The molecular formula is C13H11BrClN3O2. The third-order valence-corrected chi connectivity index (χ3v) is 3.32. The van der Waals surface area contributed by atoms with E-state index in [4.69, 9.17) is 11.6 Å². The summed E-state index contributed by atoms with van der Waals surface area (Å²) in [6.07, 6.45) is 0. The van der Waals surface area contributed by atoms with Gasteiger partial charge in [0.2, 0.25) is 5.91 Å². The molecule has 0 spiro atoms. The van der Waals surface area contributed by atoms with Crippen molar-refractivity contribution in [2.24, 2.45) is 0 Å². The van der Waals surface area contributed by atoms with E-state index in [9.17, 15) is 9.59 Å². The van der Waals surface area contributed by atoms with Gasteiger partial charge in [-0.15, -0.1) is 0 Å². The van der Waals surface area contributed by atoms with Crippen molar-refractivity contribution in [1.82, 2.24) is 9.55 Å². The number of carbonyl (C=O) groups excluding carboxylic acids is 1. The Labute approximate surface area is 128 Å². The van der Waals surface area contributed by atoms with Gasteiger partial charge < -0.3 is 5.32 Å². The van der Waals surface area contributed by atoms with Gasteiger partial charge >= 0.3 is 0 Å². The molecule has 1 N–H and O–H groups in total. The summed E-state index contributed by atoms with van der Waals surface area (Å²) in [6, 6.07) is 8.34. The second-order valence-corrected chi connectivity index (χ2v) is 5.41. The average molecular weight is 357 g/mol. The summed E-state index contributed by atoms with van der Waals surface area (Å²) in [5.41, 5.74) is 0.305. The lowest BCUT2D eigenvalue weighted by molar-refractivity contribution is -0.116. The minimum Gasteiger partial charge on any atom is -0.325 e. The summed E-state index contributed by atoms with van der Waals surface area (Å²) in [5, 5.41) is 2.83. The Morgan fingerprint density at radius 3 is 2.65 bits per heavy atom. The molecule has 1 amide bonds. The third-order valence-electron chi connectivity index (χ3n) is 2.60. The minimum atomic E-state index is -0.353. The number of rotatable bonds is 3. The summed E-state index contributed by atoms with van der Waals surface area (Å²) >= 11 is 8.99. The Kier molecular flexibility index (Phi) is 4.57. The van der Waals surface area contributed by atoms with Gasteiger partial charge in [-0.3, -0.25) is 14.2 Å². The highest BCUT2D eigenvalue weighted by Crippen LogP contribution is 2.14. The molecule has 1 aromatic carbocycles. The van der Waals surface area contributed by atoms with Crippen LogP contribution in [-0.4, -0.2) is 15.5 Å². The van der Waals surface area contributed by atoms with Gasteiger partial charge in [-0.25, -0.2) is 4.98 Å². The quantitative estimate of drug-likeness (QED) is 0.860. The van der Waals surface area contributed by atoms with E-state index in [2.05, 4.69) is 26.2 Å². The monoisotopic (exact) mass is 355 g/mol. The van der Waals surface area contributed by atoms with Crippen LogP contribution in [0.3, 0.4) is 0 Å². The van der Waals surface area contributed by atoms with E-state index in [1.165, 1.54) is 10.6 Å². The highest BCUT2D eigenvalue weighted by molar-refractivity contribution is 9.10. The lowest BCUT2D eigenvalue weighted by Gasteiger charge is -2.09. The lowest BCUT2D eigenvalue weighted by atomic mass is 10.3. The number of aromatic nitrogens is 2. The molecule has 0 unspecified atom stereocenters. The zero-order chi connectivity index (χ0) is 14.7. The van der Waals surface area contributed by atoms with Crippen molar-refractivity contribution in [3.63, 3.8) is 0 Å². The number of nitrogens with one attached hydrogen (secondary N) is 1. The van der Waals surface area contributed by atoms with Crippen molar-refractivity contribution >= 4 is 39.1 Å². The highest BCUT2D eigenvalue weighted by Gasteiger charge is 2.09. The normalized spacial score (nSPS) is 10.3. The van der Waals surface area contributed by atoms with Gasteiger partial charge in [-0.2, -0.15) is 0 Å². The average Bonchev–Trinajstić information content (AvgIpc) is 2.36. The molecule has 2 aromatic rings. The summed E-state index contributed by atoms with van der Waals surface area (Å²) in [4.78, 5) is 27.6. The van der Waals surface area contributed by atoms with Crippen molar-refractivity contribution < 1.29 is 4.79 Å². The number of aryl methyl sites for hydroxylation is 1. The molecule has 104 valence electrons. The topological polar surface area (TPSA) is 64.0 Å². The van der Waals surface area contributed by atoms with E-state index in [-0.39, 0.29) is 23.2 Å². The highest BCUT2D eigenvalue weighted by atomic mass is 79.9. The molecule has 0 bridgehead atoms. The first-order valence-electron chi connectivity index (χ1n) is 5.75. The first kappa shape index (κ1) is 14.7. The molecule has 2 rings (SSSR count). The molecule has 0 saturated carbocycles. The maximum Gasteiger partial charge on any atom is 0.255 e. The van der Waals surface area contributed by atoms with E-state index in [1.54, 1.807) is 19.1 Å². The van der Waals surface area contributed by atoms with Crippen LogP contribution in [0.25, 0.3) is 0 Å². The molecule has 0 saturated heterocycles. The molecule has 0 fully saturated rings. The van der Waals surface area contributed by atoms with Gasteiger partial charge in [0.05, 0.1) is 0 Å². The van der Waals surface area contributed by atoms with Crippen molar-refractivity contribution in [3.8, 4) is 0 Å². The first-order chi connectivity index (χ1) is 9.45. The van der Waals surface area contributed by atoms with Gasteiger partial charge in [0.15, 0.2) is 0 Å². The molecule has 1 aromatic heterocycles. The Morgan fingerprint density at radius 1 is 1.40 bits per heavy atom. The van der Waals surface area contributed by atoms with Crippen LogP contribution in [-0.2, 0) is 11.3 Å². The van der Waals surface area contributed by atoms with Crippen LogP contribution in [0.2, 0.25) is 5.15 Å². The molecule has 0 aliphatic heterocycles. The Balaban J connectivity index is 2.12. The molecule has 1 heterocycles. The van der Waals surface area contributed by atoms with Gasteiger partial charge in [0.1, 0.15) is 17.5 Å². The number of nitrogens with zero attached hydrogens (tertiary/aromatic N) is 2. The van der Waals surface area contributed by atoms with Gasteiger partial charge in [0.25, 0.3) is 5.56 Å². The molecule has 5 nitrogen and oxygen atoms in total. The molecule has 0 radical (unpaired) electrons. The predicted octanol–water partition coefficient (Wildman–Crippen LogP) is 2.61. The molecule has 20 heavy (non-hydrogen) atoms. The zero-order valence-corrected chi connectivity index (χ0v) is 12.9. The number of carbonyl (C=O) groups is 1. The van der Waals surface area contributed by atoms with Gasteiger partial charge in [-0.1, -0.05) is 27.5 Å². The molecule has 0 aliphatic carbocycles. The fraction of sp³-hybridized carbons (Fsp3) is 0.154. The van der Waals surface area contributed by atoms with Crippen LogP contribution in [0.15, 0.2) is 39.6 Å². The third kappa shape index (κ3) is 3.68. The van der Waals surface area contributed by atoms with E-state index >= 15 is 0 Å². The second-order valence-electron chi connectivity index (χ2n) is 4.11. The standard InChI is InChI=1S/C13H11BrClN3O2/c1-8-16-11(15)6-13(20)18(8)7-12(19)17-10-4-2-9(14)3-5-10/h2-6H,7H2,1H3,(H,17,19). The van der Waals surface area contributed by atoms with Crippen molar-refractivity contribution in [2.75, 3.05) is 5.32 Å². The largest absolute Gasteiger partial charge is 0.325 e. The predicted molar refractivity (Wildman–Crippen MR) is 81.0 cm³/mol. The Hall–Kier alpha value is -1.66. The maximum absolute atomic E-state index is 11.9. The number of hydrogen-bond donors (Lipinski definition) is 1. The number of anilines is 1. The molecule has 0 atom stereocenters. The Bertz CT molecular complexity index is 698. The van der Waals surface area contributed by atoms with E-state index in [0.717, 1.165) is 4.47 Å². The summed E-state index contributed by atoms with van der Waals surface area (Å²) in [7, 11) is 0. The van der Waals surface area contributed by atoms with E-state index < -0.39 is 0 Å². The van der Waals surface area contributed by atoms with Crippen molar-refractivity contribution in [2.45, 2.75) is 13.5 Å². The Morgan fingerprint density at radius 2 is 2.05 bits per heavy atom. The summed E-state index contributed by atoms with van der Waals surface area (Å²) in [5.74, 6) is 0.0927. The first-order valence-corrected chi connectivity index (χ1v) is 6.92. The maximum atomic E-state index is 11.9. The van der Waals surface area contributed by atoms with Crippen LogP contribution in [0.1, 0.15) is 5.82 Å². The van der Waals surface area contributed by atoms with Crippen LogP contribution < -0.4 is 10.9 Å². The van der Waals surface area contributed by atoms with Gasteiger partial charge in [0, 0.05) is 16.2 Å². The SMILES string of the molecule is Cc1nc(Cl)cc(=O)n1CC(=O)Nc1ccc(Br)cc1. The smallest absolute Gasteiger partial charge is 0.255 e. The molecule has 0 aliphatic rings. The van der Waals surface area contributed by atoms with Crippen LogP contribution in [0, 0.1) is 6.92 Å². The van der Waals surface area contributed by atoms with Crippen molar-refractivity contribution in [1.29, 1.82) is 0 Å². The number of halogens is 2. The number of hydrogen-bond acceptors (Lipinski definition) is 3. The molecule has 7 heteroatoms. The van der Waals surface area contributed by atoms with Crippen LogP contribution in [0.5, 0.6) is 0 Å². The zero-order valence-electron chi connectivity index (χ0n) is 10.6. The van der Waals surface area contributed by atoms with Gasteiger partial charge in [-0.05, 0) is 31.2 Å². The molecular weight excluding hydrogens is 346 g/mol. The van der Waals surface area contributed by atoms with Crippen LogP contribution >= 0.6 is 27.5 Å². The van der Waals surface area contributed by atoms with E-state index in [0.29, 0.717) is 11.5 Å². The van der Waals surface area contributed by atoms with Crippen LogP contribution in [0.4, 0.5) is 5.69 Å². The number of benzene rings is 1. The minimum absolute atomic E-state index is 0.106. The lowest BCUT2D eigenvalue weighted by Crippen LogP contribution is -2.29. The van der Waals surface area contributed by atoms with E-state index in [1.807, 2.05) is 12.1 Å². The summed E-state index contributed by atoms with van der Waals surface area (Å²) in [6.45, 7) is 1.52. The fourth-order valence-corrected chi connectivity index (χ4v) is 2.14. The summed E-state index contributed by atoms with van der Waals surface area (Å²) < 4.78 is 2.18. The second kappa shape index (κ2) is 6.19. The number of amides is 1. The fourth-order valence-electron chi connectivity index (χ4n) is 1.66. The van der Waals surface area contributed by atoms with Crippen molar-refractivity contribution in [3.05, 3.63) is 56.1 Å².